The van der Waals surface area contributed by atoms with Crippen LogP contribution in [0.1, 0.15) is 29.5 Å². The molecule has 2 fully saturated rings. The minimum absolute atomic E-state index is 0.585. The Kier molecular flexibility index (Phi) is 4.85. The number of hydrogen-bond donors (Lipinski definition) is 0. The monoisotopic (exact) mass is 380 g/mol. The van der Waals surface area contributed by atoms with Gasteiger partial charge in [0, 0.05) is 0 Å². The number of benzene rings is 3. The molecule has 0 aromatic heterocycles. The topological polar surface area (TPSA) is 9.23 Å². The SMILES string of the molecule is C=C[C@@H]1C[C@H]1[C@@H]1C[C@H]1COC(c1ccccc1)(c1ccccc1)c1ccccc1. The molecule has 2 saturated carbocycles. The molecule has 0 saturated heterocycles. The van der Waals surface area contributed by atoms with Crippen LogP contribution in [0.4, 0.5) is 0 Å². The van der Waals surface area contributed by atoms with Crippen LogP contribution in [0.15, 0.2) is 104 Å². The van der Waals surface area contributed by atoms with Gasteiger partial charge >= 0.3 is 0 Å². The lowest BCUT2D eigenvalue weighted by Crippen LogP contribution is -2.33. The minimum Gasteiger partial charge on any atom is -0.361 e. The lowest BCUT2D eigenvalue weighted by molar-refractivity contribution is 0.00389. The third-order valence-corrected chi connectivity index (χ3v) is 6.78. The highest BCUT2D eigenvalue weighted by Gasteiger charge is 2.53. The van der Waals surface area contributed by atoms with E-state index in [1.165, 1.54) is 29.5 Å². The van der Waals surface area contributed by atoms with Crippen molar-refractivity contribution in [3.05, 3.63) is 120 Å². The number of ether oxygens (including phenoxy) is 1. The second-order valence-electron chi connectivity index (χ2n) is 8.55. The van der Waals surface area contributed by atoms with E-state index in [0.717, 1.165) is 24.4 Å². The van der Waals surface area contributed by atoms with Gasteiger partial charge < -0.3 is 4.74 Å². The minimum atomic E-state index is -0.585. The van der Waals surface area contributed by atoms with Crippen LogP contribution in [0.3, 0.4) is 0 Å². The van der Waals surface area contributed by atoms with E-state index < -0.39 is 5.60 Å². The van der Waals surface area contributed by atoms with Gasteiger partial charge in [-0.25, -0.2) is 0 Å². The Bertz CT molecular complexity index is 851. The third kappa shape index (κ3) is 3.45. The molecule has 0 aliphatic heterocycles. The fourth-order valence-corrected chi connectivity index (χ4v) is 4.99. The summed E-state index contributed by atoms with van der Waals surface area (Å²) in [6, 6.07) is 32.0. The lowest BCUT2D eigenvalue weighted by Gasteiger charge is -2.36. The van der Waals surface area contributed by atoms with Gasteiger partial charge in [0.25, 0.3) is 0 Å². The first-order valence-electron chi connectivity index (χ1n) is 10.8. The van der Waals surface area contributed by atoms with Crippen LogP contribution < -0.4 is 0 Å². The molecule has 3 aromatic carbocycles. The van der Waals surface area contributed by atoms with Crippen LogP contribution in [-0.4, -0.2) is 6.61 Å². The Labute approximate surface area is 174 Å². The van der Waals surface area contributed by atoms with Gasteiger partial charge in [0.15, 0.2) is 0 Å². The Balaban J connectivity index is 1.51. The van der Waals surface area contributed by atoms with Crippen LogP contribution in [0.5, 0.6) is 0 Å². The van der Waals surface area contributed by atoms with Crippen molar-refractivity contribution in [1.82, 2.24) is 0 Å². The van der Waals surface area contributed by atoms with E-state index in [2.05, 4.69) is 104 Å². The molecule has 4 atom stereocenters. The van der Waals surface area contributed by atoms with Gasteiger partial charge in [-0.2, -0.15) is 0 Å². The maximum Gasteiger partial charge on any atom is 0.143 e. The van der Waals surface area contributed by atoms with Gasteiger partial charge in [0.2, 0.25) is 0 Å². The second kappa shape index (κ2) is 7.65. The summed E-state index contributed by atoms with van der Waals surface area (Å²) < 4.78 is 6.96. The summed E-state index contributed by atoms with van der Waals surface area (Å²) in [4.78, 5) is 0. The summed E-state index contributed by atoms with van der Waals surface area (Å²) in [6.07, 6.45) is 4.76. The molecule has 0 N–H and O–H groups in total. The van der Waals surface area contributed by atoms with Crippen molar-refractivity contribution in [3.63, 3.8) is 0 Å². The summed E-state index contributed by atoms with van der Waals surface area (Å²) in [5, 5.41) is 0. The number of rotatable bonds is 8. The Hall–Kier alpha value is -2.64. The smallest absolute Gasteiger partial charge is 0.143 e. The maximum atomic E-state index is 6.96. The first kappa shape index (κ1) is 18.4. The van der Waals surface area contributed by atoms with E-state index in [-0.39, 0.29) is 0 Å². The zero-order chi connectivity index (χ0) is 19.7. The molecular formula is C28H28O. The molecule has 0 amide bonds. The van der Waals surface area contributed by atoms with Crippen molar-refractivity contribution in [2.24, 2.45) is 23.7 Å². The molecule has 1 nitrogen and oxygen atoms in total. The molecule has 2 aliphatic rings. The van der Waals surface area contributed by atoms with Gasteiger partial charge in [-0.15, -0.1) is 6.58 Å². The van der Waals surface area contributed by atoms with Gasteiger partial charge in [0.05, 0.1) is 6.61 Å². The van der Waals surface area contributed by atoms with E-state index in [0.29, 0.717) is 5.92 Å². The standard InChI is InChI=1S/C28H28O/c1-2-21-18-26(21)27-19-22(27)20-29-28(23-12-6-3-7-13-23,24-14-8-4-9-15-24)25-16-10-5-11-17-25/h2-17,21-22,26-27H,1,18-20H2/t21-,22+,26-,27-/m1/s1. The van der Waals surface area contributed by atoms with E-state index in [1.807, 2.05) is 0 Å². The van der Waals surface area contributed by atoms with Gasteiger partial charge in [-0.1, -0.05) is 97.1 Å². The summed E-state index contributed by atoms with van der Waals surface area (Å²) >= 11 is 0. The molecular weight excluding hydrogens is 352 g/mol. The highest BCUT2D eigenvalue weighted by Crippen LogP contribution is 2.58. The van der Waals surface area contributed by atoms with Crippen LogP contribution in [0.25, 0.3) is 0 Å². The summed E-state index contributed by atoms with van der Waals surface area (Å²) in [5.74, 6) is 3.08. The Morgan fingerprint density at radius 1 is 0.724 bits per heavy atom. The molecule has 146 valence electrons. The van der Waals surface area contributed by atoms with Crippen LogP contribution in [0.2, 0.25) is 0 Å². The van der Waals surface area contributed by atoms with Crippen molar-refractivity contribution in [2.45, 2.75) is 18.4 Å². The van der Waals surface area contributed by atoms with Crippen molar-refractivity contribution < 1.29 is 4.74 Å². The number of hydrogen-bond acceptors (Lipinski definition) is 1. The lowest BCUT2D eigenvalue weighted by atomic mass is 9.80. The molecule has 2 aliphatic carbocycles. The quantitative estimate of drug-likeness (QED) is 0.322. The van der Waals surface area contributed by atoms with E-state index in [4.69, 9.17) is 4.74 Å². The predicted octanol–water partition coefficient (Wildman–Crippen LogP) is 6.45. The van der Waals surface area contributed by atoms with Crippen molar-refractivity contribution >= 4 is 0 Å². The van der Waals surface area contributed by atoms with E-state index in [9.17, 15) is 0 Å². The first-order valence-corrected chi connectivity index (χ1v) is 10.8. The molecule has 29 heavy (non-hydrogen) atoms. The van der Waals surface area contributed by atoms with Crippen molar-refractivity contribution in [2.75, 3.05) is 6.61 Å². The summed E-state index contributed by atoms with van der Waals surface area (Å²) in [5.41, 5.74) is 2.97. The van der Waals surface area contributed by atoms with Gasteiger partial charge in [-0.3, -0.25) is 0 Å². The molecule has 0 radical (unpaired) electrons. The average Bonchev–Trinajstić information content (AvgIpc) is 3.71. The fraction of sp³-hybridized carbons (Fsp3) is 0.286. The highest BCUT2D eigenvalue weighted by atomic mass is 16.5. The first-order chi connectivity index (χ1) is 14.3. The fourth-order valence-electron chi connectivity index (χ4n) is 4.99. The third-order valence-electron chi connectivity index (χ3n) is 6.78. The van der Waals surface area contributed by atoms with Crippen molar-refractivity contribution in [1.29, 1.82) is 0 Å². The summed E-state index contributed by atoms with van der Waals surface area (Å²) in [7, 11) is 0. The highest BCUT2D eigenvalue weighted by molar-refractivity contribution is 5.47. The largest absolute Gasteiger partial charge is 0.361 e. The normalized spacial score (nSPS) is 25.4. The molecule has 5 rings (SSSR count). The molecule has 0 heterocycles. The molecule has 0 spiro atoms. The second-order valence-corrected chi connectivity index (χ2v) is 8.55. The Morgan fingerprint density at radius 2 is 1.21 bits per heavy atom. The van der Waals surface area contributed by atoms with Gasteiger partial charge in [0.1, 0.15) is 5.60 Å². The number of allylic oxidation sites excluding steroid dienone is 1. The molecule has 1 heteroatoms. The van der Waals surface area contributed by atoms with Crippen LogP contribution >= 0.6 is 0 Å². The predicted molar refractivity (Wildman–Crippen MR) is 119 cm³/mol. The van der Waals surface area contributed by atoms with Gasteiger partial charge in [-0.05, 0) is 53.2 Å². The maximum absolute atomic E-state index is 6.96. The Morgan fingerprint density at radius 3 is 1.62 bits per heavy atom. The summed E-state index contributed by atoms with van der Waals surface area (Å²) in [6.45, 7) is 4.78. The molecule has 0 bridgehead atoms. The van der Waals surface area contributed by atoms with E-state index >= 15 is 0 Å². The van der Waals surface area contributed by atoms with Crippen molar-refractivity contribution in [3.8, 4) is 0 Å². The zero-order valence-corrected chi connectivity index (χ0v) is 16.8. The average molecular weight is 381 g/mol. The van der Waals surface area contributed by atoms with Crippen LogP contribution in [-0.2, 0) is 10.3 Å². The molecule has 3 aromatic rings. The van der Waals surface area contributed by atoms with E-state index in [1.54, 1.807) is 0 Å². The molecule has 0 unspecified atom stereocenters. The van der Waals surface area contributed by atoms with Crippen LogP contribution in [0, 0.1) is 23.7 Å². The zero-order valence-electron chi connectivity index (χ0n) is 16.8.